The van der Waals surface area contributed by atoms with E-state index >= 15 is 0 Å². The molecule has 2 aromatic rings. The highest BCUT2D eigenvalue weighted by Crippen LogP contribution is 2.30. The maximum atomic E-state index is 11.6. The number of carbonyl (C=O) groups is 1. The average Bonchev–Trinajstić information content (AvgIpc) is 2.63. The van der Waals surface area contributed by atoms with E-state index in [9.17, 15) is 9.90 Å². The molecule has 0 saturated carbocycles. The van der Waals surface area contributed by atoms with Gasteiger partial charge in [-0.1, -0.05) is 44.0 Å². The highest BCUT2D eigenvalue weighted by atomic mass is 16.4. The molecule has 0 aliphatic carbocycles. The second-order valence-electron chi connectivity index (χ2n) is 7.19. The Kier molecular flexibility index (Phi) is 6.03. The van der Waals surface area contributed by atoms with Crippen molar-refractivity contribution in [2.75, 3.05) is 13.1 Å². The molecule has 1 saturated heterocycles. The molecule has 3 rings (SSSR count). The van der Waals surface area contributed by atoms with Gasteiger partial charge in [0.15, 0.2) is 0 Å². The lowest BCUT2D eigenvalue weighted by Crippen LogP contribution is -2.37. The summed E-state index contributed by atoms with van der Waals surface area (Å²) in [5.74, 6) is -0.447. The van der Waals surface area contributed by atoms with E-state index in [2.05, 4.69) is 41.1 Å². The van der Waals surface area contributed by atoms with Gasteiger partial charge in [0.1, 0.15) is 0 Å². The zero-order valence-corrected chi connectivity index (χ0v) is 15.0. The van der Waals surface area contributed by atoms with Crippen molar-refractivity contribution < 1.29 is 9.90 Å². The fraction of sp³-hybridized carbons (Fsp3) is 0.524. The summed E-state index contributed by atoms with van der Waals surface area (Å²) < 4.78 is 0. The van der Waals surface area contributed by atoms with Crippen LogP contribution in [-0.4, -0.2) is 34.0 Å². The van der Waals surface area contributed by atoms with Gasteiger partial charge in [0.25, 0.3) is 0 Å². The van der Waals surface area contributed by atoms with Crippen molar-refractivity contribution in [2.45, 2.75) is 45.6 Å². The molecule has 4 heteroatoms. The molecule has 0 spiro atoms. The SMILES string of the molecule is CCCCC(C(=O)O)C1CCN(Cc2cccc3cccnc23)CC1. The van der Waals surface area contributed by atoms with Gasteiger partial charge in [0.2, 0.25) is 0 Å². The number of benzene rings is 1. The molecular formula is C21H28N2O2. The van der Waals surface area contributed by atoms with Crippen molar-refractivity contribution in [3.8, 4) is 0 Å². The van der Waals surface area contributed by atoms with Gasteiger partial charge in [-0.25, -0.2) is 0 Å². The number of hydrogen-bond donors (Lipinski definition) is 1. The molecule has 1 atom stereocenters. The van der Waals surface area contributed by atoms with Gasteiger partial charge in [-0.3, -0.25) is 14.7 Å². The monoisotopic (exact) mass is 340 g/mol. The van der Waals surface area contributed by atoms with E-state index in [1.54, 1.807) is 0 Å². The first-order valence-electron chi connectivity index (χ1n) is 9.46. The van der Waals surface area contributed by atoms with E-state index < -0.39 is 5.97 Å². The van der Waals surface area contributed by atoms with Gasteiger partial charge in [-0.15, -0.1) is 0 Å². The largest absolute Gasteiger partial charge is 0.481 e. The summed E-state index contributed by atoms with van der Waals surface area (Å²) in [6.45, 7) is 4.97. The molecule has 0 radical (unpaired) electrons. The van der Waals surface area contributed by atoms with Crippen molar-refractivity contribution in [2.24, 2.45) is 11.8 Å². The van der Waals surface area contributed by atoms with Crippen LogP contribution in [0.2, 0.25) is 0 Å². The highest BCUT2D eigenvalue weighted by Gasteiger charge is 2.30. The van der Waals surface area contributed by atoms with Crippen LogP contribution in [0.15, 0.2) is 36.5 Å². The third-order valence-corrected chi connectivity index (χ3v) is 5.50. The number of aliphatic carboxylic acids is 1. The Bertz CT molecular complexity index is 703. The van der Waals surface area contributed by atoms with Gasteiger partial charge < -0.3 is 5.11 Å². The fourth-order valence-corrected chi connectivity index (χ4v) is 4.03. The predicted octanol–water partition coefficient (Wildman–Crippen LogP) is 4.34. The number of para-hydroxylation sites is 1. The number of rotatable bonds is 7. The summed E-state index contributed by atoms with van der Waals surface area (Å²) >= 11 is 0. The number of unbranched alkanes of at least 4 members (excludes halogenated alkanes) is 1. The molecule has 1 aromatic heterocycles. The predicted molar refractivity (Wildman–Crippen MR) is 100 cm³/mol. The van der Waals surface area contributed by atoms with Crippen LogP contribution in [0.5, 0.6) is 0 Å². The first-order chi connectivity index (χ1) is 12.2. The minimum Gasteiger partial charge on any atom is -0.481 e. The molecule has 1 N–H and O–H groups in total. The fourth-order valence-electron chi connectivity index (χ4n) is 4.03. The van der Waals surface area contributed by atoms with Crippen molar-refractivity contribution in [1.82, 2.24) is 9.88 Å². The summed E-state index contributed by atoms with van der Waals surface area (Å²) in [6.07, 6.45) is 6.72. The molecule has 1 unspecified atom stereocenters. The smallest absolute Gasteiger partial charge is 0.306 e. The second kappa shape index (κ2) is 8.43. The quantitative estimate of drug-likeness (QED) is 0.815. The third kappa shape index (κ3) is 4.37. The Morgan fingerprint density at radius 3 is 2.76 bits per heavy atom. The summed E-state index contributed by atoms with van der Waals surface area (Å²) in [4.78, 5) is 18.6. The van der Waals surface area contributed by atoms with Crippen LogP contribution in [-0.2, 0) is 11.3 Å². The highest BCUT2D eigenvalue weighted by molar-refractivity contribution is 5.81. The average molecular weight is 340 g/mol. The first-order valence-corrected chi connectivity index (χ1v) is 9.46. The molecule has 0 bridgehead atoms. The van der Waals surface area contributed by atoms with Crippen LogP contribution in [0.3, 0.4) is 0 Å². The van der Waals surface area contributed by atoms with Crippen molar-refractivity contribution in [3.05, 3.63) is 42.1 Å². The topological polar surface area (TPSA) is 53.4 Å². The summed E-state index contributed by atoms with van der Waals surface area (Å²) in [5, 5.41) is 10.7. The van der Waals surface area contributed by atoms with Crippen LogP contribution >= 0.6 is 0 Å². The van der Waals surface area contributed by atoms with E-state index in [1.165, 1.54) is 10.9 Å². The molecular weight excluding hydrogens is 312 g/mol. The van der Waals surface area contributed by atoms with Gasteiger partial charge >= 0.3 is 5.97 Å². The van der Waals surface area contributed by atoms with E-state index in [-0.39, 0.29) is 5.92 Å². The number of nitrogens with zero attached hydrogens (tertiary/aromatic N) is 2. The summed E-state index contributed by atoms with van der Waals surface area (Å²) in [5.41, 5.74) is 2.34. The Hall–Kier alpha value is -1.94. The minimum atomic E-state index is -0.606. The van der Waals surface area contributed by atoms with E-state index in [0.717, 1.165) is 57.3 Å². The van der Waals surface area contributed by atoms with E-state index in [1.807, 2.05) is 12.3 Å². The molecule has 25 heavy (non-hydrogen) atoms. The molecule has 1 aliphatic heterocycles. The molecule has 1 fully saturated rings. The summed E-state index contributed by atoms with van der Waals surface area (Å²) in [7, 11) is 0. The number of hydrogen-bond acceptors (Lipinski definition) is 3. The molecule has 0 amide bonds. The number of piperidine rings is 1. The second-order valence-corrected chi connectivity index (χ2v) is 7.19. The van der Waals surface area contributed by atoms with Crippen molar-refractivity contribution in [1.29, 1.82) is 0 Å². The Morgan fingerprint density at radius 1 is 1.28 bits per heavy atom. The number of fused-ring (bicyclic) bond motifs is 1. The van der Waals surface area contributed by atoms with Gasteiger partial charge in [0.05, 0.1) is 11.4 Å². The summed E-state index contributed by atoms with van der Waals surface area (Å²) in [6, 6.07) is 10.4. The van der Waals surface area contributed by atoms with Crippen molar-refractivity contribution in [3.63, 3.8) is 0 Å². The van der Waals surface area contributed by atoms with Crippen molar-refractivity contribution >= 4 is 16.9 Å². The molecule has 2 heterocycles. The lowest BCUT2D eigenvalue weighted by molar-refractivity contribution is -0.144. The third-order valence-electron chi connectivity index (χ3n) is 5.50. The number of pyridine rings is 1. The number of aromatic nitrogens is 1. The lowest BCUT2D eigenvalue weighted by atomic mass is 9.81. The maximum Gasteiger partial charge on any atom is 0.306 e. The van der Waals surface area contributed by atoms with E-state index in [0.29, 0.717) is 5.92 Å². The Morgan fingerprint density at radius 2 is 2.04 bits per heavy atom. The Balaban J connectivity index is 1.61. The Labute approximate surface area is 149 Å². The van der Waals surface area contributed by atoms with Crippen LogP contribution in [0, 0.1) is 11.8 Å². The van der Waals surface area contributed by atoms with Crippen LogP contribution in [0.1, 0.15) is 44.6 Å². The maximum absolute atomic E-state index is 11.6. The minimum absolute atomic E-state index is 0.165. The number of likely N-dealkylation sites (tertiary alicyclic amines) is 1. The zero-order chi connectivity index (χ0) is 17.6. The van der Waals surface area contributed by atoms with Crippen LogP contribution in [0.4, 0.5) is 0 Å². The van der Waals surface area contributed by atoms with Gasteiger partial charge in [-0.2, -0.15) is 0 Å². The number of carboxylic acid groups (broad SMARTS) is 1. The van der Waals surface area contributed by atoms with E-state index in [4.69, 9.17) is 0 Å². The first kappa shape index (κ1) is 17.9. The normalized spacial score (nSPS) is 17.6. The molecule has 4 nitrogen and oxygen atoms in total. The van der Waals surface area contributed by atoms with Crippen LogP contribution < -0.4 is 0 Å². The van der Waals surface area contributed by atoms with Crippen LogP contribution in [0.25, 0.3) is 10.9 Å². The number of carboxylic acids is 1. The standard InChI is InChI=1S/C21H28N2O2/c1-2-3-9-19(21(24)25)16-10-13-23(14-11-16)15-18-7-4-6-17-8-5-12-22-20(17)18/h4-8,12,16,19H,2-3,9-11,13-15H2,1H3,(H,24,25). The molecule has 134 valence electrons. The molecule has 1 aliphatic rings. The zero-order valence-electron chi connectivity index (χ0n) is 15.0. The molecule has 1 aromatic carbocycles. The van der Waals surface area contributed by atoms with Gasteiger partial charge in [0, 0.05) is 18.1 Å². The van der Waals surface area contributed by atoms with Gasteiger partial charge in [-0.05, 0) is 49.9 Å². The lowest BCUT2D eigenvalue weighted by Gasteiger charge is -2.34.